The molecule has 0 aliphatic heterocycles. The van der Waals surface area contributed by atoms with E-state index in [0.717, 1.165) is 27.3 Å². The second-order valence-corrected chi connectivity index (χ2v) is 6.77. The van der Waals surface area contributed by atoms with Gasteiger partial charge in [0.05, 0.1) is 16.3 Å². The zero-order chi connectivity index (χ0) is 17.4. The number of hydrogen-bond donors (Lipinski definition) is 2. The highest BCUT2D eigenvalue weighted by Gasteiger charge is 2.17. The molecule has 25 heavy (non-hydrogen) atoms. The van der Waals surface area contributed by atoms with E-state index in [1.54, 1.807) is 24.3 Å². The fraction of sp³-hybridized carbons (Fsp3) is 0.0526. The summed E-state index contributed by atoms with van der Waals surface area (Å²) in [7, 11) is 0. The molecular formula is C19H16N4OS. The molecule has 2 heterocycles. The fourth-order valence-corrected chi connectivity index (χ4v) is 3.74. The van der Waals surface area contributed by atoms with Crippen molar-refractivity contribution < 1.29 is 4.79 Å². The molecule has 0 aliphatic rings. The number of aromatic nitrogens is 2. The Labute approximate surface area is 148 Å². The number of carbonyl (C=O) groups is 1. The second-order valence-electron chi connectivity index (χ2n) is 5.74. The first-order valence-corrected chi connectivity index (χ1v) is 8.65. The largest absolute Gasteiger partial charge is 0.399 e. The van der Waals surface area contributed by atoms with Gasteiger partial charge in [0.1, 0.15) is 4.83 Å². The van der Waals surface area contributed by atoms with Crippen LogP contribution in [0, 0.1) is 6.92 Å². The molecule has 124 valence electrons. The SMILES string of the molecule is Cc1nn(-c2ccccc2)c2sc(C(=O)Nc3ccc(N)cc3)cc12. The molecule has 0 fully saturated rings. The molecule has 0 saturated carbocycles. The van der Waals surface area contributed by atoms with E-state index < -0.39 is 0 Å². The van der Waals surface area contributed by atoms with Crippen molar-refractivity contribution in [3.63, 3.8) is 0 Å². The summed E-state index contributed by atoms with van der Waals surface area (Å²) in [4.78, 5) is 14.2. The number of fused-ring (bicyclic) bond motifs is 1. The van der Waals surface area contributed by atoms with Crippen LogP contribution in [0.25, 0.3) is 15.9 Å². The lowest BCUT2D eigenvalue weighted by Crippen LogP contribution is -2.10. The van der Waals surface area contributed by atoms with Crippen LogP contribution >= 0.6 is 11.3 Å². The standard InChI is InChI=1S/C19H16N4OS/c1-12-16-11-17(18(24)21-14-9-7-13(20)8-10-14)25-19(16)23(22-12)15-5-3-2-4-6-15/h2-11H,20H2,1H3,(H,21,24). The summed E-state index contributed by atoms with van der Waals surface area (Å²) in [6.45, 7) is 1.95. The average Bonchev–Trinajstić information content (AvgIpc) is 3.19. The lowest BCUT2D eigenvalue weighted by Gasteiger charge is -2.04. The molecule has 0 spiro atoms. The molecule has 5 nitrogen and oxygen atoms in total. The summed E-state index contributed by atoms with van der Waals surface area (Å²) in [5.74, 6) is -0.134. The van der Waals surface area contributed by atoms with Gasteiger partial charge < -0.3 is 11.1 Å². The maximum atomic E-state index is 12.6. The maximum Gasteiger partial charge on any atom is 0.265 e. The maximum absolute atomic E-state index is 12.6. The van der Waals surface area contributed by atoms with Crippen LogP contribution in [0.4, 0.5) is 11.4 Å². The summed E-state index contributed by atoms with van der Waals surface area (Å²) in [5.41, 5.74) is 8.94. The highest BCUT2D eigenvalue weighted by molar-refractivity contribution is 7.20. The third-order valence-electron chi connectivity index (χ3n) is 3.94. The molecule has 0 radical (unpaired) electrons. The summed E-state index contributed by atoms with van der Waals surface area (Å²) in [5, 5.41) is 8.49. The van der Waals surface area contributed by atoms with E-state index in [1.807, 2.05) is 48.0 Å². The monoisotopic (exact) mass is 348 g/mol. The molecule has 0 saturated heterocycles. The number of amides is 1. The number of nitrogens with two attached hydrogens (primary N) is 1. The molecule has 2 aromatic carbocycles. The third-order valence-corrected chi connectivity index (χ3v) is 5.05. The molecule has 4 rings (SSSR count). The van der Waals surface area contributed by atoms with Gasteiger partial charge in [-0.2, -0.15) is 5.10 Å². The number of hydrogen-bond acceptors (Lipinski definition) is 4. The van der Waals surface area contributed by atoms with E-state index in [9.17, 15) is 4.79 Å². The number of benzene rings is 2. The lowest BCUT2D eigenvalue weighted by atomic mass is 10.2. The molecule has 0 atom stereocenters. The van der Waals surface area contributed by atoms with Gasteiger partial charge in [-0.1, -0.05) is 18.2 Å². The predicted octanol–water partition coefficient (Wildman–Crippen LogP) is 4.23. The van der Waals surface area contributed by atoms with Gasteiger partial charge in [0, 0.05) is 16.8 Å². The minimum Gasteiger partial charge on any atom is -0.399 e. The van der Waals surface area contributed by atoms with Gasteiger partial charge in [-0.3, -0.25) is 4.79 Å². The van der Waals surface area contributed by atoms with Crippen LogP contribution < -0.4 is 11.1 Å². The molecule has 0 unspecified atom stereocenters. The number of anilines is 2. The Hall–Kier alpha value is -3.12. The minimum absolute atomic E-state index is 0.134. The Bertz CT molecular complexity index is 1050. The minimum atomic E-state index is -0.134. The average molecular weight is 348 g/mol. The first-order valence-electron chi connectivity index (χ1n) is 7.83. The van der Waals surface area contributed by atoms with Crippen molar-refractivity contribution in [1.82, 2.24) is 9.78 Å². The van der Waals surface area contributed by atoms with E-state index in [4.69, 9.17) is 5.73 Å². The molecule has 4 aromatic rings. The summed E-state index contributed by atoms with van der Waals surface area (Å²) in [6.07, 6.45) is 0. The van der Waals surface area contributed by atoms with Gasteiger partial charge in [-0.25, -0.2) is 4.68 Å². The lowest BCUT2D eigenvalue weighted by molar-refractivity contribution is 0.103. The van der Waals surface area contributed by atoms with Crippen molar-refractivity contribution >= 4 is 38.8 Å². The van der Waals surface area contributed by atoms with Gasteiger partial charge in [-0.15, -0.1) is 11.3 Å². The van der Waals surface area contributed by atoms with Crippen LogP contribution in [-0.4, -0.2) is 15.7 Å². The zero-order valence-electron chi connectivity index (χ0n) is 13.6. The molecule has 0 aliphatic carbocycles. The van der Waals surface area contributed by atoms with Crippen LogP contribution in [0.3, 0.4) is 0 Å². The van der Waals surface area contributed by atoms with Crippen molar-refractivity contribution in [1.29, 1.82) is 0 Å². The van der Waals surface area contributed by atoms with E-state index in [2.05, 4.69) is 10.4 Å². The summed E-state index contributed by atoms with van der Waals surface area (Å²) >= 11 is 1.43. The number of carbonyl (C=O) groups excluding carboxylic acids is 1. The van der Waals surface area contributed by atoms with Gasteiger partial charge >= 0.3 is 0 Å². The first-order chi connectivity index (χ1) is 12.1. The van der Waals surface area contributed by atoms with Gasteiger partial charge in [-0.05, 0) is 49.4 Å². The number of nitrogen functional groups attached to an aromatic ring is 1. The molecule has 3 N–H and O–H groups in total. The van der Waals surface area contributed by atoms with Crippen LogP contribution in [-0.2, 0) is 0 Å². The summed E-state index contributed by atoms with van der Waals surface area (Å²) in [6, 6.07) is 18.9. The molecule has 1 amide bonds. The van der Waals surface area contributed by atoms with E-state index in [-0.39, 0.29) is 5.91 Å². The molecule has 0 bridgehead atoms. The predicted molar refractivity (Wildman–Crippen MR) is 102 cm³/mol. The van der Waals surface area contributed by atoms with Gasteiger partial charge in [0.15, 0.2) is 0 Å². The first kappa shape index (κ1) is 15.4. The quantitative estimate of drug-likeness (QED) is 0.544. The highest BCUT2D eigenvalue weighted by atomic mass is 32.1. The Kier molecular flexibility index (Phi) is 3.74. The third kappa shape index (κ3) is 2.88. The van der Waals surface area contributed by atoms with Crippen molar-refractivity contribution in [2.45, 2.75) is 6.92 Å². The summed E-state index contributed by atoms with van der Waals surface area (Å²) < 4.78 is 1.88. The van der Waals surface area contributed by atoms with Crippen molar-refractivity contribution in [3.05, 3.63) is 71.2 Å². The number of rotatable bonds is 3. The normalized spacial score (nSPS) is 10.9. The van der Waals surface area contributed by atoms with Gasteiger partial charge in [0.2, 0.25) is 0 Å². The van der Waals surface area contributed by atoms with E-state index in [0.29, 0.717) is 10.6 Å². The van der Waals surface area contributed by atoms with Crippen LogP contribution in [0.2, 0.25) is 0 Å². The van der Waals surface area contributed by atoms with E-state index in [1.165, 1.54) is 11.3 Å². The van der Waals surface area contributed by atoms with Crippen molar-refractivity contribution in [2.75, 3.05) is 11.1 Å². The molecule has 2 aromatic heterocycles. The Morgan fingerprint density at radius 3 is 2.56 bits per heavy atom. The Morgan fingerprint density at radius 1 is 1.12 bits per heavy atom. The van der Waals surface area contributed by atoms with Gasteiger partial charge in [0.25, 0.3) is 5.91 Å². The number of aryl methyl sites for hydroxylation is 1. The van der Waals surface area contributed by atoms with E-state index >= 15 is 0 Å². The Morgan fingerprint density at radius 2 is 1.84 bits per heavy atom. The highest BCUT2D eigenvalue weighted by Crippen LogP contribution is 2.30. The molecular weight excluding hydrogens is 332 g/mol. The fourth-order valence-electron chi connectivity index (χ4n) is 2.66. The van der Waals surface area contributed by atoms with Crippen LogP contribution in [0.5, 0.6) is 0 Å². The smallest absolute Gasteiger partial charge is 0.265 e. The van der Waals surface area contributed by atoms with Crippen molar-refractivity contribution in [3.8, 4) is 5.69 Å². The zero-order valence-corrected chi connectivity index (χ0v) is 14.4. The molecule has 6 heteroatoms. The number of thiophene rings is 1. The van der Waals surface area contributed by atoms with Crippen molar-refractivity contribution in [2.24, 2.45) is 0 Å². The number of nitrogens with one attached hydrogen (secondary N) is 1. The van der Waals surface area contributed by atoms with Crippen LogP contribution in [0.15, 0.2) is 60.7 Å². The number of para-hydroxylation sites is 1. The van der Waals surface area contributed by atoms with Crippen LogP contribution in [0.1, 0.15) is 15.4 Å². The Balaban J connectivity index is 1.69. The number of nitrogens with zero attached hydrogens (tertiary/aromatic N) is 2. The second kappa shape index (κ2) is 6.07. The topological polar surface area (TPSA) is 72.9 Å².